The van der Waals surface area contributed by atoms with Gasteiger partial charge in [0.2, 0.25) is 0 Å². The van der Waals surface area contributed by atoms with Crippen molar-refractivity contribution in [1.29, 1.82) is 0 Å². The fraction of sp³-hybridized carbons (Fsp3) is 0.176. The lowest BCUT2D eigenvalue weighted by Crippen LogP contribution is -1.99. The molecule has 0 unspecified atom stereocenters. The minimum atomic E-state index is -0.312. The van der Waals surface area contributed by atoms with Gasteiger partial charge in [0.15, 0.2) is 5.43 Å². The van der Waals surface area contributed by atoms with Gasteiger partial charge in [-0.05, 0) is 30.9 Å². The molecule has 0 spiro atoms. The molecule has 3 aromatic rings. The van der Waals surface area contributed by atoms with E-state index in [0.717, 1.165) is 6.07 Å². The molecule has 0 fully saturated rings. The summed E-state index contributed by atoms with van der Waals surface area (Å²) in [5.74, 6) is -0.0429. The van der Waals surface area contributed by atoms with Crippen molar-refractivity contribution in [1.82, 2.24) is 0 Å². The second kappa shape index (κ2) is 4.87. The van der Waals surface area contributed by atoms with Crippen LogP contribution in [-0.2, 0) is 11.2 Å². The van der Waals surface area contributed by atoms with Crippen LogP contribution in [0.4, 0.5) is 0 Å². The summed E-state index contributed by atoms with van der Waals surface area (Å²) in [4.78, 5) is 22.8. The predicted octanol–water partition coefficient (Wildman–Crippen LogP) is 2.80. The number of phenols is 1. The van der Waals surface area contributed by atoms with Crippen molar-refractivity contribution >= 4 is 27.5 Å². The fourth-order valence-electron chi connectivity index (χ4n) is 2.73. The Bertz CT molecular complexity index is 982. The number of aromatic hydroxyl groups is 2. The van der Waals surface area contributed by atoms with E-state index in [2.05, 4.69) is 0 Å². The Morgan fingerprint density at radius 3 is 2.45 bits per heavy atom. The van der Waals surface area contributed by atoms with E-state index < -0.39 is 0 Å². The maximum Gasteiger partial charge on any atom is 0.182 e. The number of fused-ring (bicyclic) bond motifs is 3. The molecule has 0 bridgehead atoms. The number of ketones is 1. The molecule has 0 radical (unpaired) electrons. The average molecular weight is 298 g/mol. The maximum atomic E-state index is 11.5. The van der Waals surface area contributed by atoms with E-state index in [0.29, 0.717) is 27.5 Å². The van der Waals surface area contributed by atoms with E-state index in [1.165, 1.54) is 19.1 Å². The quantitative estimate of drug-likeness (QED) is 0.710. The molecular weight excluding hydrogens is 284 g/mol. The number of Topliss-reactive ketones (excluding diaryl/α,β-unsaturated/α-hetero) is 1. The average Bonchev–Trinajstić information content (AvgIpc) is 2.35. The third-order valence-electron chi connectivity index (χ3n) is 3.55. The van der Waals surface area contributed by atoms with Gasteiger partial charge in [-0.25, -0.2) is 0 Å². The van der Waals surface area contributed by atoms with Gasteiger partial charge >= 0.3 is 0 Å². The zero-order valence-corrected chi connectivity index (χ0v) is 12.1. The lowest BCUT2D eigenvalue weighted by Gasteiger charge is -2.11. The molecule has 0 aliphatic heterocycles. The van der Waals surface area contributed by atoms with E-state index in [-0.39, 0.29) is 34.7 Å². The summed E-state index contributed by atoms with van der Waals surface area (Å²) in [6.45, 7) is 3.20. The smallest absolute Gasteiger partial charge is 0.182 e. The van der Waals surface area contributed by atoms with Crippen LogP contribution in [-0.4, -0.2) is 16.0 Å². The molecule has 1 aromatic heterocycles. The molecule has 112 valence electrons. The van der Waals surface area contributed by atoms with Crippen LogP contribution < -0.4 is 5.43 Å². The van der Waals surface area contributed by atoms with Crippen molar-refractivity contribution in [2.24, 2.45) is 0 Å². The van der Waals surface area contributed by atoms with Crippen molar-refractivity contribution < 1.29 is 19.4 Å². The highest BCUT2D eigenvalue weighted by Gasteiger charge is 2.16. The third kappa shape index (κ3) is 2.20. The molecule has 0 amide bonds. The molecule has 2 N–H and O–H groups in total. The first kappa shape index (κ1) is 14.1. The standard InChI is InChI=1S/C17H14O5/c1-8-3-10-5-11(19)6-13(20)16(10)17-15(8)14(21)7-12(22-17)4-9(2)18/h3,5-7,20-21H,4H2,1-2H3. The van der Waals surface area contributed by atoms with Gasteiger partial charge in [0.05, 0.1) is 17.2 Å². The van der Waals surface area contributed by atoms with Gasteiger partial charge in [0, 0.05) is 12.1 Å². The number of aryl methyl sites for hydroxylation is 1. The molecule has 0 aliphatic rings. The summed E-state index contributed by atoms with van der Waals surface area (Å²) >= 11 is 0. The molecule has 5 heteroatoms. The van der Waals surface area contributed by atoms with E-state index in [1.807, 2.05) is 0 Å². The second-order valence-electron chi connectivity index (χ2n) is 5.41. The zero-order chi connectivity index (χ0) is 16.0. The molecule has 3 rings (SSSR count). The van der Waals surface area contributed by atoms with Gasteiger partial charge in [-0.1, -0.05) is 6.07 Å². The number of hydrogen-bond donors (Lipinski definition) is 2. The van der Waals surface area contributed by atoms with Crippen molar-refractivity contribution in [3.8, 4) is 11.5 Å². The van der Waals surface area contributed by atoms with Gasteiger partial charge in [-0.15, -0.1) is 0 Å². The highest BCUT2D eigenvalue weighted by atomic mass is 16.3. The monoisotopic (exact) mass is 298 g/mol. The fourth-order valence-corrected chi connectivity index (χ4v) is 2.73. The Balaban J connectivity index is 2.51. The minimum absolute atomic E-state index is 0.0255. The summed E-state index contributed by atoms with van der Waals surface area (Å²) in [5, 5.41) is 21.7. The normalized spacial score (nSPS) is 11.2. The molecule has 2 aromatic carbocycles. The number of hydrogen-bond acceptors (Lipinski definition) is 5. The van der Waals surface area contributed by atoms with Crippen LogP contribution in [0.3, 0.4) is 0 Å². The minimum Gasteiger partial charge on any atom is -0.507 e. The van der Waals surface area contributed by atoms with Crippen LogP contribution in [0.1, 0.15) is 18.2 Å². The summed E-state index contributed by atoms with van der Waals surface area (Å²) in [7, 11) is 0. The molecular formula is C17H14O5. The number of rotatable bonds is 2. The second-order valence-corrected chi connectivity index (χ2v) is 5.41. The molecule has 22 heavy (non-hydrogen) atoms. The topological polar surface area (TPSA) is 87.7 Å². The Morgan fingerprint density at radius 2 is 1.77 bits per heavy atom. The van der Waals surface area contributed by atoms with Gasteiger partial charge < -0.3 is 14.6 Å². The lowest BCUT2D eigenvalue weighted by molar-refractivity contribution is -0.116. The molecule has 0 saturated heterocycles. The van der Waals surface area contributed by atoms with Gasteiger partial charge in [0.1, 0.15) is 28.6 Å². The molecule has 5 nitrogen and oxygen atoms in total. The Hall–Kier alpha value is -2.82. The van der Waals surface area contributed by atoms with E-state index >= 15 is 0 Å². The summed E-state index contributed by atoms with van der Waals surface area (Å²) in [5.41, 5.74) is 0.666. The van der Waals surface area contributed by atoms with Crippen molar-refractivity contribution in [2.75, 3.05) is 0 Å². The van der Waals surface area contributed by atoms with Crippen LogP contribution in [0.25, 0.3) is 21.7 Å². The Morgan fingerprint density at radius 1 is 1.09 bits per heavy atom. The first-order chi connectivity index (χ1) is 10.4. The molecule has 1 heterocycles. The first-order valence-electron chi connectivity index (χ1n) is 6.78. The van der Waals surface area contributed by atoms with Gasteiger partial charge in [0.25, 0.3) is 0 Å². The van der Waals surface area contributed by atoms with Crippen molar-refractivity contribution in [2.45, 2.75) is 20.3 Å². The van der Waals surface area contributed by atoms with Crippen LogP contribution >= 0.6 is 0 Å². The number of carbonyl (C=O) groups excluding carboxylic acids is 1. The van der Waals surface area contributed by atoms with Crippen LogP contribution in [0.15, 0.2) is 33.5 Å². The first-order valence-corrected chi connectivity index (χ1v) is 6.78. The number of phenolic OH excluding ortho intramolecular Hbond substituents is 1. The molecule has 0 atom stereocenters. The highest BCUT2D eigenvalue weighted by molar-refractivity contribution is 6.10. The predicted molar refractivity (Wildman–Crippen MR) is 82.4 cm³/mol. The van der Waals surface area contributed by atoms with Crippen molar-refractivity contribution in [3.05, 3.63) is 45.8 Å². The van der Waals surface area contributed by atoms with E-state index in [1.54, 1.807) is 13.0 Å². The Labute approximate surface area is 125 Å². The summed E-state index contributed by atoms with van der Waals surface area (Å²) < 4.78 is 5.73. The largest absolute Gasteiger partial charge is 0.507 e. The van der Waals surface area contributed by atoms with Crippen LogP contribution in [0.2, 0.25) is 0 Å². The maximum absolute atomic E-state index is 11.5. The lowest BCUT2D eigenvalue weighted by atomic mass is 10.0. The number of benzene rings is 2. The van der Waals surface area contributed by atoms with Crippen LogP contribution in [0, 0.1) is 6.92 Å². The molecule has 0 saturated carbocycles. The molecule has 0 aliphatic carbocycles. The van der Waals surface area contributed by atoms with Crippen LogP contribution in [0.5, 0.6) is 11.5 Å². The highest BCUT2D eigenvalue weighted by Crippen LogP contribution is 2.38. The Kier molecular flexibility index (Phi) is 3.13. The van der Waals surface area contributed by atoms with Gasteiger partial charge in [-0.2, -0.15) is 0 Å². The summed E-state index contributed by atoms with van der Waals surface area (Å²) in [6, 6.07) is 5.60. The SMILES string of the molecule is CC(=O)Cc1cc(O)c2c(C)cc3cc(=O)cc(O)c3c2o1. The van der Waals surface area contributed by atoms with E-state index in [9.17, 15) is 19.8 Å². The van der Waals surface area contributed by atoms with Crippen molar-refractivity contribution in [3.63, 3.8) is 0 Å². The number of carbonyl (C=O) groups is 1. The summed E-state index contributed by atoms with van der Waals surface area (Å²) in [6.07, 6.45) is 0.0410. The van der Waals surface area contributed by atoms with E-state index in [4.69, 9.17) is 4.42 Å². The third-order valence-corrected chi connectivity index (χ3v) is 3.55. The van der Waals surface area contributed by atoms with Gasteiger partial charge in [-0.3, -0.25) is 9.59 Å². The zero-order valence-electron chi connectivity index (χ0n) is 12.1.